The minimum atomic E-state index is 0.351. The van der Waals surface area contributed by atoms with Crippen LogP contribution in [-0.4, -0.2) is 15.1 Å². The number of hydrogen-bond acceptors (Lipinski definition) is 5. The number of nitrogen functional groups attached to an aromatic ring is 1. The van der Waals surface area contributed by atoms with Crippen LogP contribution in [0.2, 0.25) is 0 Å². The molecule has 0 amide bonds. The molecule has 5 nitrogen and oxygen atoms in total. The highest BCUT2D eigenvalue weighted by atomic mass is 79.9. The van der Waals surface area contributed by atoms with Crippen molar-refractivity contribution in [3.05, 3.63) is 44.0 Å². The van der Waals surface area contributed by atoms with Gasteiger partial charge in [-0.3, -0.25) is 4.98 Å². The summed E-state index contributed by atoms with van der Waals surface area (Å²) in [5.74, 6) is 0.804. The summed E-state index contributed by atoms with van der Waals surface area (Å²) < 4.78 is 7.78. The summed E-state index contributed by atoms with van der Waals surface area (Å²) in [4.78, 5) is 8.45. The first-order valence-corrected chi connectivity index (χ1v) is 8.12. The first-order valence-electron chi connectivity index (χ1n) is 5.74. The third-order valence-electron chi connectivity index (χ3n) is 2.71. The number of nitrogens with zero attached hydrogens (tertiary/aromatic N) is 3. The highest BCUT2D eigenvalue weighted by Crippen LogP contribution is 2.35. The Morgan fingerprint density at radius 2 is 1.81 bits per heavy atom. The fourth-order valence-corrected chi connectivity index (χ4v) is 3.34. The van der Waals surface area contributed by atoms with Gasteiger partial charge in [0.05, 0.1) is 11.3 Å². The number of anilines is 1. The van der Waals surface area contributed by atoms with Gasteiger partial charge in [0.2, 0.25) is 5.82 Å². The molecule has 2 heterocycles. The summed E-state index contributed by atoms with van der Waals surface area (Å²) >= 11 is 10.2. The predicted molar refractivity (Wildman–Crippen MR) is 90.5 cm³/mol. The molecule has 0 aliphatic heterocycles. The summed E-state index contributed by atoms with van der Waals surface area (Å²) in [6, 6.07) is 5.55. The second-order valence-corrected chi connectivity index (χ2v) is 6.85. The maximum absolute atomic E-state index is 6.04. The zero-order valence-electron chi connectivity index (χ0n) is 10.3. The van der Waals surface area contributed by atoms with Gasteiger partial charge in [0.15, 0.2) is 0 Å². The van der Waals surface area contributed by atoms with Crippen molar-refractivity contribution < 1.29 is 4.52 Å². The lowest BCUT2D eigenvalue weighted by molar-refractivity contribution is 0.432. The predicted octanol–water partition coefficient (Wildman–Crippen LogP) is 4.67. The van der Waals surface area contributed by atoms with E-state index in [1.54, 1.807) is 12.4 Å². The van der Waals surface area contributed by atoms with E-state index < -0.39 is 0 Å². The molecule has 3 rings (SSSR count). The number of benzene rings is 1. The lowest BCUT2D eigenvalue weighted by atomic mass is 10.2. The molecule has 0 radical (unpaired) electrons. The molecule has 0 bridgehead atoms. The Labute approximate surface area is 145 Å². The standard InChI is InChI=1S/C13H7Br3N4O/c14-7-2-9(11(17)10(16)3-7)13-19-12(20-21-13)6-1-8(15)5-18-4-6/h1-5H,17H2. The maximum atomic E-state index is 6.04. The number of nitrogens with two attached hydrogens (primary N) is 1. The van der Waals surface area contributed by atoms with Gasteiger partial charge in [-0.05, 0) is 50.1 Å². The van der Waals surface area contributed by atoms with E-state index in [2.05, 4.69) is 62.9 Å². The molecular formula is C13H7Br3N4O. The Hall–Kier alpha value is -1.25. The maximum Gasteiger partial charge on any atom is 0.260 e. The quantitative estimate of drug-likeness (QED) is 0.546. The monoisotopic (exact) mass is 472 g/mol. The summed E-state index contributed by atoms with van der Waals surface area (Å²) in [5, 5.41) is 3.97. The van der Waals surface area contributed by atoms with Crippen LogP contribution < -0.4 is 5.73 Å². The van der Waals surface area contributed by atoms with Crippen LogP contribution in [0.4, 0.5) is 5.69 Å². The van der Waals surface area contributed by atoms with Crippen molar-refractivity contribution in [1.29, 1.82) is 0 Å². The lowest BCUT2D eigenvalue weighted by Crippen LogP contribution is -1.92. The summed E-state index contributed by atoms with van der Waals surface area (Å²) in [6.07, 6.45) is 3.35. The van der Waals surface area contributed by atoms with E-state index in [1.165, 1.54) is 0 Å². The number of pyridine rings is 1. The average Bonchev–Trinajstić information content (AvgIpc) is 2.92. The highest BCUT2D eigenvalue weighted by molar-refractivity contribution is 9.11. The van der Waals surface area contributed by atoms with Gasteiger partial charge < -0.3 is 10.3 Å². The fourth-order valence-electron chi connectivity index (χ4n) is 1.75. The zero-order chi connectivity index (χ0) is 15.0. The van der Waals surface area contributed by atoms with E-state index in [0.29, 0.717) is 23.0 Å². The molecule has 0 spiro atoms. The minimum Gasteiger partial charge on any atom is -0.397 e. The van der Waals surface area contributed by atoms with Crippen LogP contribution in [-0.2, 0) is 0 Å². The molecule has 0 aliphatic rings. The molecule has 2 N–H and O–H groups in total. The number of hydrogen-bond donors (Lipinski definition) is 1. The second-order valence-electron chi connectivity index (χ2n) is 4.16. The minimum absolute atomic E-state index is 0.351. The van der Waals surface area contributed by atoms with Crippen LogP contribution in [0, 0.1) is 0 Å². The van der Waals surface area contributed by atoms with Crippen LogP contribution in [0.25, 0.3) is 22.8 Å². The molecule has 0 atom stereocenters. The van der Waals surface area contributed by atoms with Crippen molar-refractivity contribution in [2.75, 3.05) is 5.73 Å². The Balaban J connectivity index is 2.07. The molecule has 0 saturated carbocycles. The molecule has 3 aromatic rings. The van der Waals surface area contributed by atoms with Crippen molar-refractivity contribution in [3.8, 4) is 22.8 Å². The fraction of sp³-hybridized carbons (Fsp3) is 0. The van der Waals surface area contributed by atoms with Gasteiger partial charge in [0.1, 0.15) is 0 Å². The second kappa shape index (κ2) is 5.86. The lowest BCUT2D eigenvalue weighted by Gasteiger charge is -2.04. The van der Waals surface area contributed by atoms with Gasteiger partial charge >= 0.3 is 0 Å². The van der Waals surface area contributed by atoms with E-state index in [-0.39, 0.29) is 0 Å². The van der Waals surface area contributed by atoms with Gasteiger partial charge in [-0.25, -0.2) is 0 Å². The van der Waals surface area contributed by atoms with Crippen molar-refractivity contribution >= 4 is 53.5 Å². The van der Waals surface area contributed by atoms with E-state index in [9.17, 15) is 0 Å². The normalized spacial score (nSPS) is 10.8. The molecule has 0 unspecified atom stereocenters. The van der Waals surface area contributed by atoms with E-state index >= 15 is 0 Å². The molecule has 21 heavy (non-hydrogen) atoms. The van der Waals surface area contributed by atoms with Gasteiger partial charge in [-0.2, -0.15) is 4.98 Å². The zero-order valence-corrected chi connectivity index (χ0v) is 15.1. The third-order valence-corrected chi connectivity index (χ3v) is 4.26. The number of rotatable bonds is 2. The van der Waals surface area contributed by atoms with Crippen LogP contribution in [0.5, 0.6) is 0 Å². The van der Waals surface area contributed by atoms with Crippen molar-refractivity contribution in [3.63, 3.8) is 0 Å². The van der Waals surface area contributed by atoms with Crippen LogP contribution >= 0.6 is 47.8 Å². The SMILES string of the molecule is Nc1c(Br)cc(Br)cc1-c1nc(-c2cncc(Br)c2)no1. The molecule has 0 aliphatic carbocycles. The Kier molecular flexibility index (Phi) is 4.10. The Bertz CT molecular complexity index is 819. The first kappa shape index (κ1) is 14.7. The Morgan fingerprint density at radius 1 is 1.00 bits per heavy atom. The molecule has 1 aromatic carbocycles. The van der Waals surface area contributed by atoms with Crippen LogP contribution in [0.15, 0.2) is 48.5 Å². The van der Waals surface area contributed by atoms with Gasteiger partial charge in [-0.15, -0.1) is 0 Å². The molecule has 8 heteroatoms. The molecule has 0 saturated heterocycles. The Morgan fingerprint density at radius 3 is 2.57 bits per heavy atom. The third kappa shape index (κ3) is 3.02. The van der Waals surface area contributed by atoms with Crippen LogP contribution in [0.1, 0.15) is 0 Å². The summed E-state index contributed by atoms with van der Waals surface area (Å²) in [6.45, 7) is 0. The van der Waals surface area contributed by atoms with Gasteiger partial charge in [-0.1, -0.05) is 21.1 Å². The largest absolute Gasteiger partial charge is 0.397 e. The van der Waals surface area contributed by atoms with Crippen LogP contribution in [0.3, 0.4) is 0 Å². The molecule has 106 valence electrons. The average molecular weight is 475 g/mol. The van der Waals surface area contributed by atoms with Gasteiger partial charge in [0, 0.05) is 31.4 Å². The van der Waals surface area contributed by atoms with E-state index in [0.717, 1.165) is 19.0 Å². The number of aromatic nitrogens is 3. The highest BCUT2D eigenvalue weighted by Gasteiger charge is 2.16. The summed E-state index contributed by atoms with van der Waals surface area (Å²) in [5.41, 5.74) is 8.00. The number of halogens is 3. The summed E-state index contributed by atoms with van der Waals surface area (Å²) in [7, 11) is 0. The van der Waals surface area contributed by atoms with Crippen molar-refractivity contribution in [1.82, 2.24) is 15.1 Å². The van der Waals surface area contributed by atoms with E-state index in [1.807, 2.05) is 18.2 Å². The van der Waals surface area contributed by atoms with Crippen molar-refractivity contribution in [2.45, 2.75) is 0 Å². The molecular weight excluding hydrogens is 468 g/mol. The van der Waals surface area contributed by atoms with Crippen molar-refractivity contribution in [2.24, 2.45) is 0 Å². The van der Waals surface area contributed by atoms with Gasteiger partial charge in [0.25, 0.3) is 5.89 Å². The van der Waals surface area contributed by atoms with E-state index in [4.69, 9.17) is 10.3 Å². The topological polar surface area (TPSA) is 77.8 Å². The smallest absolute Gasteiger partial charge is 0.260 e. The molecule has 0 fully saturated rings. The molecule has 2 aromatic heterocycles. The first-order chi connectivity index (χ1) is 10.0.